The molecule has 0 radical (unpaired) electrons. The number of piperidine rings is 1. The molecule has 0 spiro atoms. The molecule has 1 saturated heterocycles. The van der Waals surface area contributed by atoms with Crippen molar-refractivity contribution in [2.75, 3.05) is 19.6 Å². The zero-order valence-corrected chi connectivity index (χ0v) is 10.9. The Balaban J connectivity index is 1.99. The minimum atomic E-state index is -4.08. The van der Waals surface area contributed by atoms with Gasteiger partial charge in [0.1, 0.15) is 11.5 Å². The fourth-order valence-electron chi connectivity index (χ4n) is 2.62. The van der Waals surface area contributed by atoms with Crippen LogP contribution in [0.25, 0.3) is 0 Å². The minimum absolute atomic E-state index is 0.122. The van der Waals surface area contributed by atoms with Crippen molar-refractivity contribution in [3.8, 4) is 0 Å². The Bertz CT molecular complexity index is 408. The van der Waals surface area contributed by atoms with E-state index >= 15 is 0 Å². The van der Waals surface area contributed by atoms with Gasteiger partial charge in [-0.2, -0.15) is 13.2 Å². The van der Waals surface area contributed by atoms with Gasteiger partial charge in [-0.3, -0.25) is 4.90 Å². The quantitative estimate of drug-likeness (QED) is 0.923. The van der Waals surface area contributed by atoms with Crippen LogP contribution in [0.1, 0.15) is 30.4 Å². The molecule has 19 heavy (non-hydrogen) atoms. The van der Waals surface area contributed by atoms with Crippen molar-refractivity contribution in [1.29, 1.82) is 0 Å². The first-order valence-corrected chi connectivity index (χ1v) is 6.49. The maximum absolute atomic E-state index is 12.6. The number of aryl methyl sites for hydroxylation is 1. The van der Waals surface area contributed by atoms with Crippen LogP contribution in [0.15, 0.2) is 16.5 Å². The Morgan fingerprint density at radius 3 is 2.42 bits per heavy atom. The van der Waals surface area contributed by atoms with Crippen LogP contribution in [0.3, 0.4) is 0 Å². The number of hydrogen-bond donors (Lipinski definition) is 1. The first kappa shape index (κ1) is 14.4. The van der Waals surface area contributed by atoms with E-state index in [4.69, 9.17) is 10.2 Å². The van der Waals surface area contributed by atoms with E-state index < -0.39 is 12.1 Å². The molecule has 1 fully saturated rings. The normalized spacial score (nSPS) is 20.7. The summed E-state index contributed by atoms with van der Waals surface area (Å²) in [7, 11) is 0. The van der Waals surface area contributed by atoms with Crippen LogP contribution < -0.4 is 5.73 Å². The number of alkyl halides is 3. The summed E-state index contributed by atoms with van der Waals surface area (Å²) < 4.78 is 43.4. The number of rotatable bonds is 3. The van der Waals surface area contributed by atoms with E-state index in [9.17, 15) is 13.2 Å². The van der Waals surface area contributed by atoms with E-state index in [1.807, 2.05) is 24.0 Å². The first-order valence-electron chi connectivity index (χ1n) is 6.49. The Morgan fingerprint density at radius 1 is 1.37 bits per heavy atom. The van der Waals surface area contributed by atoms with E-state index in [1.54, 1.807) is 0 Å². The van der Waals surface area contributed by atoms with Gasteiger partial charge in [-0.25, -0.2) is 0 Å². The van der Waals surface area contributed by atoms with Crippen molar-refractivity contribution in [1.82, 2.24) is 4.90 Å². The lowest BCUT2D eigenvalue weighted by Gasteiger charge is -2.36. The topological polar surface area (TPSA) is 42.4 Å². The van der Waals surface area contributed by atoms with Gasteiger partial charge in [0.2, 0.25) is 0 Å². The molecule has 1 aliphatic heterocycles. The maximum atomic E-state index is 12.6. The molecule has 0 aliphatic carbocycles. The van der Waals surface area contributed by atoms with Gasteiger partial charge in [-0.1, -0.05) is 0 Å². The average molecular weight is 276 g/mol. The third kappa shape index (κ3) is 3.30. The Hall–Kier alpha value is -1.01. The van der Waals surface area contributed by atoms with Crippen molar-refractivity contribution in [2.24, 2.45) is 11.7 Å². The lowest BCUT2D eigenvalue weighted by molar-refractivity contribution is -0.186. The highest BCUT2D eigenvalue weighted by molar-refractivity contribution is 5.10. The second-order valence-corrected chi connectivity index (χ2v) is 5.05. The molecule has 1 aromatic heterocycles. The summed E-state index contributed by atoms with van der Waals surface area (Å²) in [6, 6.07) is 3.58. The molecule has 0 bridgehead atoms. The first-order chi connectivity index (χ1) is 8.91. The van der Waals surface area contributed by atoms with Gasteiger partial charge in [-0.05, 0) is 45.0 Å². The van der Waals surface area contributed by atoms with E-state index in [-0.39, 0.29) is 18.9 Å². The molecular weight excluding hydrogens is 257 g/mol. The third-order valence-electron chi connectivity index (χ3n) is 3.75. The molecule has 1 atom stereocenters. The van der Waals surface area contributed by atoms with E-state index in [0.29, 0.717) is 19.6 Å². The van der Waals surface area contributed by atoms with Crippen LogP contribution >= 0.6 is 0 Å². The van der Waals surface area contributed by atoms with Gasteiger partial charge in [0.15, 0.2) is 0 Å². The summed E-state index contributed by atoms with van der Waals surface area (Å²) in [5, 5.41) is 0. The molecule has 1 aromatic rings. The number of furan rings is 1. The summed E-state index contributed by atoms with van der Waals surface area (Å²) in [5.74, 6) is 0.351. The predicted octanol–water partition coefficient (Wildman–Crippen LogP) is 2.86. The summed E-state index contributed by atoms with van der Waals surface area (Å²) in [6.45, 7) is 3.01. The van der Waals surface area contributed by atoms with Crippen molar-refractivity contribution in [3.63, 3.8) is 0 Å². The van der Waals surface area contributed by atoms with Gasteiger partial charge in [0.25, 0.3) is 0 Å². The van der Waals surface area contributed by atoms with Gasteiger partial charge in [0, 0.05) is 6.54 Å². The zero-order chi connectivity index (χ0) is 14.0. The molecule has 6 heteroatoms. The Labute approximate surface area is 110 Å². The molecule has 0 amide bonds. The van der Waals surface area contributed by atoms with Gasteiger partial charge >= 0.3 is 6.18 Å². The van der Waals surface area contributed by atoms with Crippen molar-refractivity contribution in [3.05, 3.63) is 23.7 Å². The fourth-order valence-corrected chi connectivity index (χ4v) is 2.62. The number of hydrogen-bond acceptors (Lipinski definition) is 3. The maximum Gasteiger partial charge on any atom is 0.391 e. The molecule has 2 N–H and O–H groups in total. The molecule has 0 saturated carbocycles. The molecule has 108 valence electrons. The summed E-state index contributed by atoms with van der Waals surface area (Å²) >= 11 is 0. The van der Waals surface area contributed by atoms with Crippen LogP contribution in [0.2, 0.25) is 0 Å². The van der Waals surface area contributed by atoms with Crippen LogP contribution in [-0.2, 0) is 0 Å². The molecule has 1 aliphatic rings. The highest BCUT2D eigenvalue weighted by Gasteiger charge is 2.42. The molecule has 3 nitrogen and oxygen atoms in total. The molecule has 1 unspecified atom stereocenters. The van der Waals surface area contributed by atoms with E-state index in [2.05, 4.69) is 0 Å². The Kier molecular flexibility index (Phi) is 4.20. The standard InChI is InChI=1S/C13H19F3N2O/c1-9-2-3-12(19-9)11(8-17)18-6-4-10(5-7-18)13(14,15)16/h2-3,10-11H,4-8,17H2,1H3. The van der Waals surface area contributed by atoms with Crippen molar-refractivity contribution < 1.29 is 17.6 Å². The molecule has 2 heterocycles. The number of halogens is 3. The van der Waals surface area contributed by atoms with Crippen LogP contribution in [0.4, 0.5) is 13.2 Å². The van der Waals surface area contributed by atoms with E-state index in [1.165, 1.54) is 0 Å². The van der Waals surface area contributed by atoms with Crippen LogP contribution in [0, 0.1) is 12.8 Å². The van der Waals surface area contributed by atoms with Crippen LogP contribution in [0.5, 0.6) is 0 Å². The van der Waals surface area contributed by atoms with Crippen LogP contribution in [-0.4, -0.2) is 30.7 Å². The summed E-state index contributed by atoms with van der Waals surface area (Å²) in [5.41, 5.74) is 5.74. The number of nitrogens with zero attached hydrogens (tertiary/aromatic N) is 1. The minimum Gasteiger partial charge on any atom is -0.465 e. The van der Waals surface area contributed by atoms with Gasteiger partial charge in [-0.15, -0.1) is 0 Å². The molecular formula is C13H19F3N2O. The lowest BCUT2D eigenvalue weighted by atomic mass is 9.95. The molecule has 0 aromatic carbocycles. The largest absolute Gasteiger partial charge is 0.465 e. The summed E-state index contributed by atoms with van der Waals surface area (Å²) in [6.07, 6.45) is -3.80. The third-order valence-corrected chi connectivity index (χ3v) is 3.75. The van der Waals surface area contributed by atoms with Gasteiger partial charge < -0.3 is 10.2 Å². The Morgan fingerprint density at radius 2 is 2.00 bits per heavy atom. The number of nitrogens with two attached hydrogens (primary N) is 1. The lowest BCUT2D eigenvalue weighted by Crippen LogP contribution is -2.42. The van der Waals surface area contributed by atoms with E-state index in [0.717, 1.165) is 11.5 Å². The molecule has 2 rings (SSSR count). The second kappa shape index (κ2) is 5.54. The SMILES string of the molecule is Cc1ccc(C(CN)N2CCC(C(F)(F)F)CC2)o1. The monoisotopic (exact) mass is 276 g/mol. The number of likely N-dealkylation sites (tertiary alicyclic amines) is 1. The van der Waals surface area contributed by atoms with Gasteiger partial charge in [0.05, 0.1) is 12.0 Å². The van der Waals surface area contributed by atoms with Crippen molar-refractivity contribution >= 4 is 0 Å². The summed E-state index contributed by atoms with van der Waals surface area (Å²) in [4.78, 5) is 1.99. The highest BCUT2D eigenvalue weighted by Crippen LogP contribution is 2.36. The second-order valence-electron chi connectivity index (χ2n) is 5.05. The fraction of sp³-hybridized carbons (Fsp3) is 0.692. The van der Waals surface area contributed by atoms with Crippen molar-refractivity contribution in [2.45, 2.75) is 32.0 Å². The zero-order valence-electron chi connectivity index (χ0n) is 10.9. The predicted molar refractivity (Wildman–Crippen MR) is 65.6 cm³/mol. The highest BCUT2D eigenvalue weighted by atomic mass is 19.4. The smallest absolute Gasteiger partial charge is 0.391 e. The average Bonchev–Trinajstić information content (AvgIpc) is 2.76.